The molecule has 21 heavy (non-hydrogen) atoms. The number of ether oxygens (including phenoxy) is 1. The highest BCUT2D eigenvalue weighted by molar-refractivity contribution is 5.84. The molecule has 0 saturated heterocycles. The predicted molar refractivity (Wildman–Crippen MR) is 83.6 cm³/mol. The lowest BCUT2D eigenvalue weighted by atomic mass is 10.2. The van der Waals surface area contributed by atoms with Crippen LogP contribution in [-0.4, -0.2) is 21.9 Å². The van der Waals surface area contributed by atoms with Crippen molar-refractivity contribution in [3.05, 3.63) is 47.9 Å². The fourth-order valence-corrected chi connectivity index (χ4v) is 2.38. The molecule has 0 fully saturated rings. The zero-order chi connectivity index (χ0) is 14.8. The van der Waals surface area contributed by atoms with Crippen LogP contribution >= 0.6 is 0 Å². The molecule has 0 bridgehead atoms. The number of anilines is 1. The molecule has 0 radical (unpaired) electrons. The molecule has 5 nitrogen and oxygen atoms in total. The molecule has 1 aromatic carbocycles. The Morgan fingerprint density at radius 3 is 2.81 bits per heavy atom. The van der Waals surface area contributed by atoms with Crippen LogP contribution < -0.4 is 10.1 Å². The molecule has 108 valence electrons. The molecule has 0 unspecified atom stereocenters. The Balaban J connectivity index is 1.86. The van der Waals surface area contributed by atoms with Gasteiger partial charge in [0.2, 0.25) is 0 Å². The topological polar surface area (TPSA) is 52.0 Å². The van der Waals surface area contributed by atoms with E-state index in [0.29, 0.717) is 6.54 Å². The minimum atomic E-state index is 0.653. The fraction of sp³-hybridized carbons (Fsp3) is 0.250. The lowest BCUT2D eigenvalue weighted by molar-refractivity contribution is 0.419. The SMILES string of the molecule is COc1cccc2ccc(CNc3cn(C)nc3C)nc12. The normalized spacial score (nSPS) is 10.8. The van der Waals surface area contributed by atoms with E-state index in [1.807, 2.05) is 44.4 Å². The van der Waals surface area contributed by atoms with Gasteiger partial charge in [-0.1, -0.05) is 18.2 Å². The summed E-state index contributed by atoms with van der Waals surface area (Å²) in [4.78, 5) is 4.68. The molecule has 5 heteroatoms. The van der Waals surface area contributed by atoms with Gasteiger partial charge in [-0.05, 0) is 19.1 Å². The number of hydrogen-bond acceptors (Lipinski definition) is 4. The minimum absolute atomic E-state index is 0.653. The molecule has 0 aliphatic carbocycles. The molecule has 1 N–H and O–H groups in total. The second-order valence-corrected chi connectivity index (χ2v) is 4.99. The molecule has 0 atom stereocenters. The second-order valence-electron chi connectivity index (χ2n) is 4.99. The summed E-state index contributed by atoms with van der Waals surface area (Å²) < 4.78 is 7.17. The summed E-state index contributed by atoms with van der Waals surface area (Å²) in [5.41, 5.74) is 3.87. The van der Waals surface area contributed by atoms with E-state index in [9.17, 15) is 0 Å². The molecule has 3 aromatic rings. The van der Waals surface area contributed by atoms with Crippen molar-refractivity contribution in [3.63, 3.8) is 0 Å². The lowest BCUT2D eigenvalue weighted by Crippen LogP contribution is -2.02. The zero-order valence-corrected chi connectivity index (χ0v) is 12.4. The van der Waals surface area contributed by atoms with Crippen LogP contribution in [0.1, 0.15) is 11.4 Å². The third-order valence-electron chi connectivity index (χ3n) is 3.43. The van der Waals surface area contributed by atoms with Crippen LogP contribution in [0.3, 0.4) is 0 Å². The molecular weight excluding hydrogens is 264 g/mol. The van der Waals surface area contributed by atoms with Crippen molar-refractivity contribution in [1.29, 1.82) is 0 Å². The monoisotopic (exact) mass is 282 g/mol. The van der Waals surface area contributed by atoms with Gasteiger partial charge in [-0.3, -0.25) is 4.68 Å². The summed E-state index contributed by atoms with van der Waals surface area (Å²) in [5.74, 6) is 0.798. The quantitative estimate of drug-likeness (QED) is 0.799. The minimum Gasteiger partial charge on any atom is -0.494 e. The number of fused-ring (bicyclic) bond motifs is 1. The summed E-state index contributed by atoms with van der Waals surface area (Å²) in [7, 11) is 3.58. The van der Waals surface area contributed by atoms with Gasteiger partial charge in [0.1, 0.15) is 11.3 Å². The summed E-state index contributed by atoms with van der Waals surface area (Å²) in [6.07, 6.45) is 1.97. The first-order valence-corrected chi connectivity index (χ1v) is 6.84. The molecule has 0 amide bonds. The highest BCUT2D eigenvalue weighted by atomic mass is 16.5. The zero-order valence-electron chi connectivity index (χ0n) is 12.4. The number of aryl methyl sites for hydroxylation is 2. The Bertz CT molecular complexity index is 779. The molecule has 0 aliphatic heterocycles. The van der Waals surface area contributed by atoms with Crippen LogP contribution in [0.25, 0.3) is 10.9 Å². The highest BCUT2D eigenvalue weighted by Crippen LogP contribution is 2.23. The number of nitrogens with one attached hydrogen (secondary N) is 1. The maximum Gasteiger partial charge on any atom is 0.145 e. The summed E-state index contributed by atoms with van der Waals surface area (Å²) >= 11 is 0. The standard InChI is InChI=1S/C16H18N4O/c1-11-14(10-20(2)19-11)17-9-13-8-7-12-5-4-6-15(21-3)16(12)18-13/h4-8,10,17H,9H2,1-3H3. The second kappa shape index (κ2) is 5.44. The van der Waals surface area contributed by atoms with Gasteiger partial charge >= 0.3 is 0 Å². The summed E-state index contributed by atoms with van der Waals surface area (Å²) in [6.45, 7) is 2.64. The third kappa shape index (κ3) is 2.67. The maximum atomic E-state index is 5.37. The van der Waals surface area contributed by atoms with Crippen LogP contribution in [0.5, 0.6) is 5.75 Å². The largest absolute Gasteiger partial charge is 0.494 e. The Labute approximate surface area is 123 Å². The first-order valence-electron chi connectivity index (χ1n) is 6.84. The number of nitrogens with zero attached hydrogens (tertiary/aromatic N) is 3. The molecular formula is C16H18N4O. The average Bonchev–Trinajstić information content (AvgIpc) is 2.82. The molecule has 3 rings (SSSR count). The number of rotatable bonds is 4. The molecule has 0 saturated carbocycles. The molecule has 0 spiro atoms. The number of para-hydroxylation sites is 1. The maximum absolute atomic E-state index is 5.37. The van der Waals surface area contributed by atoms with Crippen LogP contribution in [0.4, 0.5) is 5.69 Å². The molecule has 0 aliphatic rings. The van der Waals surface area contributed by atoms with Crippen LogP contribution in [0.2, 0.25) is 0 Å². The van der Waals surface area contributed by atoms with E-state index in [0.717, 1.165) is 33.7 Å². The average molecular weight is 282 g/mol. The number of hydrogen-bond donors (Lipinski definition) is 1. The Morgan fingerprint density at radius 2 is 2.10 bits per heavy atom. The van der Waals surface area contributed by atoms with E-state index in [1.165, 1.54) is 0 Å². The van der Waals surface area contributed by atoms with Crippen molar-refractivity contribution in [2.24, 2.45) is 7.05 Å². The number of methoxy groups -OCH3 is 1. The van der Waals surface area contributed by atoms with Crippen LogP contribution in [-0.2, 0) is 13.6 Å². The van der Waals surface area contributed by atoms with Crippen molar-refractivity contribution in [2.75, 3.05) is 12.4 Å². The van der Waals surface area contributed by atoms with Gasteiger partial charge < -0.3 is 10.1 Å². The summed E-state index contributed by atoms with van der Waals surface area (Å²) in [6, 6.07) is 10.0. The first kappa shape index (κ1) is 13.4. The van der Waals surface area contributed by atoms with E-state index in [4.69, 9.17) is 4.74 Å². The Hall–Kier alpha value is -2.56. The van der Waals surface area contributed by atoms with Crippen molar-refractivity contribution in [3.8, 4) is 5.75 Å². The van der Waals surface area contributed by atoms with Gasteiger partial charge in [-0.2, -0.15) is 5.10 Å². The van der Waals surface area contributed by atoms with Crippen LogP contribution in [0, 0.1) is 6.92 Å². The van der Waals surface area contributed by atoms with Crippen molar-refractivity contribution in [1.82, 2.24) is 14.8 Å². The van der Waals surface area contributed by atoms with Crippen LogP contribution in [0.15, 0.2) is 36.5 Å². The number of aromatic nitrogens is 3. The van der Waals surface area contributed by atoms with E-state index in [1.54, 1.807) is 11.8 Å². The smallest absolute Gasteiger partial charge is 0.145 e. The third-order valence-corrected chi connectivity index (χ3v) is 3.43. The Kier molecular flexibility index (Phi) is 3.48. The van der Waals surface area contributed by atoms with E-state index in [2.05, 4.69) is 21.5 Å². The summed E-state index contributed by atoms with van der Waals surface area (Å²) in [5, 5.41) is 8.76. The van der Waals surface area contributed by atoms with Crippen molar-refractivity contribution in [2.45, 2.75) is 13.5 Å². The van der Waals surface area contributed by atoms with Gasteiger partial charge in [0.05, 0.1) is 30.7 Å². The van der Waals surface area contributed by atoms with E-state index < -0.39 is 0 Å². The van der Waals surface area contributed by atoms with Gasteiger partial charge in [0, 0.05) is 18.6 Å². The van der Waals surface area contributed by atoms with Gasteiger partial charge in [0.15, 0.2) is 0 Å². The van der Waals surface area contributed by atoms with Crippen molar-refractivity contribution >= 4 is 16.6 Å². The molecule has 2 heterocycles. The number of pyridine rings is 1. The first-order chi connectivity index (χ1) is 10.2. The Morgan fingerprint density at radius 1 is 1.24 bits per heavy atom. The fourth-order valence-electron chi connectivity index (χ4n) is 2.38. The van der Waals surface area contributed by atoms with Crippen molar-refractivity contribution < 1.29 is 4.74 Å². The van der Waals surface area contributed by atoms with Gasteiger partial charge in [-0.25, -0.2) is 4.98 Å². The van der Waals surface area contributed by atoms with E-state index >= 15 is 0 Å². The van der Waals surface area contributed by atoms with Gasteiger partial charge in [0.25, 0.3) is 0 Å². The molecule has 2 aromatic heterocycles. The lowest BCUT2D eigenvalue weighted by Gasteiger charge is -2.08. The van der Waals surface area contributed by atoms with E-state index in [-0.39, 0.29) is 0 Å². The number of benzene rings is 1. The van der Waals surface area contributed by atoms with Gasteiger partial charge in [-0.15, -0.1) is 0 Å². The highest BCUT2D eigenvalue weighted by Gasteiger charge is 2.06. The predicted octanol–water partition coefficient (Wildman–Crippen LogP) is 2.90.